The number of rotatable bonds is 5. The predicted molar refractivity (Wildman–Crippen MR) is 111 cm³/mol. The van der Waals surface area contributed by atoms with Gasteiger partial charge in [-0.1, -0.05) is 18.2 Å². The number of hydrogen-bond donors (Lipinski definition) is 3. The maximum Gasteiger partial charge on any atom is 0.344 e. The molecule has 0 unspecified atom stereocenters. The lowest BCUT2D eigenvalue weighted by Gasteiger charge is -2.23. The second-order valence-electron chi connectivity index (χ2n) is 6.91. The molecule has 4 rings (SSSR count). The number of methoxy groups -OCH3 is 1. The van der Waals surface area contributed by atoms with Crippen LogP contribution in [0.15, 0.2) is 42.5 Å². The number of thiocarbonyl (C=S) groups is 1. The van der Waals surface area contributed by atoms with Crippen LogP contribution in [0.3, 0.4) is 0 Å². The molecule has 1 atom stereocenters. The summed E-state index contributed by atoms with van der Waals surface area (Å²) in [6.45, 7) is 2.20. The van der Waals surface area contributed by atoms with Gasteiger partial charge in [-0.2, -0.15) is 5.01 Å². The Bertz CT molecular complexity index is 1030. The Kier molecular flexibility index (Phi) is 5.08. The number of carbonyl (C=O) groups is 2. The van der Waals surface area contributed by atoms with E-state index in [0.717, 1.165) is 10.6 Å². The first-order valence-corrected chi connectivity index (χ1v) is 9.56. The number of benzene rings is 2. The number of hydrazine groups is 1. The van der Waals surface area contributed by atoms with Crippen molar-refractivity contribution in [1.29, 1.82) is 0 Å². The minimum absolute atomic E-state index is 0.131. The van der Waals surface area contributed by atoms with Gasteiger partial charge in [0.2, 0.25) is 6.79 Å². The van der Waals surface area contributed by atoms with Gasteiger partial charge in [0, 0.05) is 6.54 Å². The van der Waals surface area contributed by atoms with E-state index in [-0.39, 0.29) is 11.9 Å². The molecule has 9 nitrogen and oxygen atoms in total. The average molecular weight is 428 g/mol. The lowest BCUT2D eigenvalue weighted by atomic mass is 9.92. The Morgan fingerprint density at radius 3 is 2.83 bits per heavy atom. The molecule has 0 spiro atoms. The van der Waals surface area contributed by atoms with E-state index in [4.69, 9.17) is 26.4 Å². The van der Waals surface area contributed by atoms with Crippen LogP contribution in [0.5, 0.6) is 17.2 Å². The SMILES string of the molecule is COc1cccc([C@@]2(C)NC(=O)N(NC(=S)NCc3ccc4c(c3)OCO4)C2=O)c1. The van der Waals surface area contributed by atoms with Crippen LogP contribution in [-0.2, 0) is 16.9 Å². The Balaban J connectivity index is 1.41. The van der Waals surface area contributed by atoms with Gasteiger partial charge in [-0.25, -0.2) is 4.79 Å². The fourth-order valence-corrected chi connectivity index (χ4v) is 3.41. The van der Waals surface area contributed by atoms with Crippen LogP contribution in [0.2, 0.25) is 0 Å². The molecule has 1 saturated heterocycles. The van der Waals surface area contributed by atoms with E-state index in [1.807, 2.05) is 18.2 Å². The quantitative estimate of drug-likeness (QED) is 0.489. The summed E-state index contributed by atoms with van der Waals surface area (Å²) in [5.41, 5.74) is 2.92. The van der Waals surface area contributed by atoms with Gasteiger partial charge in [0.15, 0.2) is 16.6 Å². The van der Waals surface area contributed by atoms with E-state index in [1.54, 1.807) is 31.2 Å². The lowest BCUT2D eigenvalue weighted by Crippen LogP contribution is -2.51. The molecule has 0 radical (unpaired) electrons. The van der Waals surface area contributed by atoms with Gasteiger partial charge in [-0.15, -0.1) is 0 Å². The molecule has 2 heterocycles. The summed E-state index contributed by atoms with van der Waals surface area (Å²) in [6.07, 6.45) is 0. The van der Waals surface area contributed by atoms with Gasteiger partial charge in [-0.05, 0) is 54.5 Å². The van der Waals surface area contributed by atoms with E-state index >= 15 is 0 Å². The molecule has 2 aliphatic heterocycles. The first kappa shape index (κ1) is 19.8. The average Bonchev–Trinajstić information content (AvgIpc) is 3.30. The maximum absolute atomic E-state index is 13.0. The minimum atomic E-state index is -1.24. The van der Waals surface area contributed by atoms with Crippen LogP contribution in [0, 0.1) is 0 Å². The number of amides is 3. The Morgan fingerprint density at radius 2 is 2.03 bits per heavy atom. The van der Waals surface area contributed by atoms with Crippen molar-refractivity contribution in [2.75, 3.05) is 13.9 Å². The van der Waals surface area contributed by atoms with Gasteiger partial charge < -0.3 is 24.8 Å². The molecular weight excluding hydrogens is 408 g/mol. The van der Waals surface area contributed by atoms with Crippen LogP contribution in [-0.4, -0.2) is 36.0 Å². The first-order chi connectivity index (χ1) is 14.4. The molecular formula is C20H20N4O5S. The molecule has 2 aromatic carbocycles. The van der Waals surface area contributed by atoms with Crippen molar-refractivity contribution in [3.63, 3.8) is 0 Å². The fourth-order valence-electron chi connectivity index (χ4n) is 3.24. The Morgan fingerprint density at radius 1 is 1.23 bits per heavy atom. The number of carbonyl (C=O) groups excluding carboxylic acids is 2. The molecule has 3 amide bonds. The van der Waals surface area contributed by atoms with Gasteiger partial charge >= 0.3 is 6.03 Å². The maximum atomic E-state index is 13.0. The Labute approximate surface area is 178 Å². The molecule has 2 aliphatic rings. The fraction of sp³-hybridized carbons (Fsp3) is 0.250. The topological polar surface area (TPSA) is 101 Å². The number of imide groups is 1. The third-order valence-corrected chi connectivity index (χ3v) is 5.18. The third kappa shape index (κ3) is 3.57. The zero-order chi connectivity index (χ0) is 21.3. The summed E-state index contributed by atoms with van der Waals surface area (Å²) in [5, 5.41) is 6.68. The molecule has 156 valence electrons. The zero-order valence-electron chi connectivity index (χ0n) is 16.4. The second kappa shape index (κ2) is 7.71. The third-order valence-electron chi connectivity index (χ3n) is 4.94. The summed E-state index contributed by atoms with van der Waals surface area (Å²) in [7, 11) is 1.54. The van der Waals surface area contributed by atoms with E-state index in [1.165, 1.54) is 7.11 Å². The number of urea groups is 1. The van der Waals surface area contributed by atoms with Crippen LogP contribution in [0.25, 0.3) is 0 Å². The van der Waals surface area contributed by atoms with Crippen LogP contribution in [0.1, 0.15) is 18.1 Å². The van der Waals surface area contributed by atoms with E-state index < -0.39 is 17.5 Å². The number of fused-ring (bicyclic) bond motifs is 1. The van der Waals surface area contributed by atoms with Crippen LogP contribution in [0.4, 0.5) is 4.79 Å². The normalized spacial score (nSPS) is 19.5. The molecule has 3 N–H and O–H groups in total. The minimum Gasteiger partial charge on any atom is -0.497 e. The zero-order valence-corrected chi connectivity index (χ0v) is 17.2. The highest BCUT2D eigenvalue weighted by Gasteiger charge is 2.50. The summed E-state index contributed by atoms with van der Waals surface area (Å²) in [4.78, 5) is 25.4. The molecule has 0 bridgehead atoms. The van der Waals surface area contributed by atoms with Crippen LogP contribution >= 0.6 is 12.2 Å². The van der Waals surface area contributed by atoms with Crippen LogP contribution < -0.4 is 30.3 Å². The molecule has 1 fully saturated rings. The highest BCUT2D eigenvalue weighted by atomic mass is 32.1. The molecule has 2 aromatic rings. The van der Waals surface area contributed by atoms with E-state index in [9.17, 15) is 9.59 Å². The van der Waals surface area contributed by atoms with Crippen molar-refractivity contribution in [2.45, 2.75) is 19.0 Å². The number of nitrogens with zero attached hydrogens (tertiary/aromatic N) is 1. The highest BCUT2D eigenvalue weighted by molar-refractivity contribution is 7.80. The van der Waals surface area contributed by atoms with Gasteiger partial charge in [0.1, 0.15) is 11.3 Å². The number of ether oxygens (including phenoxy) is 3. The summed E-state index contributed by atoms with van der Waals surface area (Å²) in [6, 6.07) is 11.9. The largest absolute Gasteiger partial charge is 0.497 e. The van der Waals surface area contributed by atoms with Crippen molar-refractivity contribution >= 4 is 29.3 Å². The van der Waals surface area contributed by atoms with Gasteiger partial charge in [0.25, 0.3) is 5.91 Å². The second-order valence-corrected chi connectivity index (χ2v) is 7.32. The lowest BCUT2D eigenvalue weighted by molar-refractivity contribution is -0.132. The first-order valence-electron chi connectivity index (χ1n) is 9.15. The number of nitrogens with one attached hydrogen (secondary N) is 3. The molecule has 0 aliphatic carbocycles. The van der Waals surface area contributed by atoms with Crippen molar-refractivity contribution < 1.29 is 23.8 Å². The predicted octanol–water partition coefficient (Wildman–Crippen LogP) is 1.77. The summed E-state index contributed by atoms with van der Waals surface area (Å²) >= 11 is 5.25. The van der Waals surface area contributed by atoms with E-state index in [2.05, 4.69) is 16.1 Å². The standard InChI is InChI=1S/C20H20N4O5S/c1-20(13-4-3-5-14(9-13)27-2)17(25)24(19(26)22-20)23-18(30)21-10-12-6-7-15-16(8-12)29-11-28-15/h3-9H,10-11H2,1-2H3,(H,22,26)(H2,21,23,30)/t20-/m1/s1. The molecule has 0 saturated carbocycles. The smallest absolute Gasteiger partial charge is 0.344 e. The van der Waals surface area contributed by atoms with Crippen molar-refractivity contribution in [3.8, 4) is 17.2 Å². The van der Waals surface area contributed by atoms with E-state index in [0.29, 0.717) is 29.4 Å². The van der Waals surface area contributed by atoms with Crippen molar-refractivity contribution in [2.24, 2.45) is 0 Å². The van der Waals surface area contributed by atoms with Gasteiger partial charge in [0.05, 0.1) is 7.11 Å². The van der Waals surface area contributed by atoms with Crippen molar-refractivity contribution in [3.05, 3.63) is 53.6 Å². The summed E-state index contributed by atoms with van der Waals surface area (Å²) < 4.78 is 15.8. The Hall–Kier alpha value is -3.53. The molecule has 10 heteroatoms. The molecule has 0 aromatic heterocycles. The number of hydrogen-bond acceptors (Lipinski definition) is 6. The van der Waals surface area contributed by atoms with Gasteiger partial charge in [-0.3, -0.25) is 10.2 Å². The van der Waals surface area contributed by atoms with Crippen molar-refractivity contribution in [1.82, 2.24) is 21.1 Å². The molecule has 30 heavy (non-hydrogen) atoms. The highest BCUT2D eigenvalue weighted by Crippen LogP contribution is 2.32. The summed E-state index contributed by atoms with van der Waals surface area (Å²) in [5.74, 6) is 1.46. The monoisotopic (exact) mass is 428 g/mol.